The monoisotopic (exact) mass is 295 g/mol. The number of nitrogen functional groups attached to an aromatic ring is 2. The van der Waals surface area contributed by atoms with Crippen LogP contribution in [0.4, 0.5) is 11.9 Å². The summed E-state index contributed by atoms with van der Waals surface area (Å²) in [4.78, 5) is 16.6. The van der Waals surface area contributed by atoms with Crippen molar-refractivity contribution in [3.63, 3.8) is 0 Å². The van der Waals surface area contributed by atoms with Gasteiger partial charge in [0.1, 0.15) is 11.6 Å². The summed E-state index contributed by atoms with van der Waals surface area (Å²) in [7, 11) is 0. The van der Waals surface area contributed by atoms with E-state index < -0.39 is 0 Å². The molecular formula is C15H17N7. The second kappa shape index (κ2) is 5.80. The molecule has 2 aromatic heterocycles. The molecule has 0 radical (unpaired) electrons. The number of aromatic nitrogens is 5. The van der Waals surface area contributed by atoms with E-state index in [0.29, 0.717) is 18.8 Å². The summed E-state index contributed by atoms with van der Waals surface area (Å²) in [5.74, 6) is 1.80. The zero-order chi connectivity index (χ0) is 15.5. The highest BCUT2D eigenvalue weighted by molar-refractivity contribution is 5.55. The molecule has 0 atom stereocenters. The maximum atomic E-state index is 5.59. The van der Waals surface area contributed by atoms with Crippen molar-refractivity contribution in [2.45, 2.75) is 19.9 Å². The number of nitrogens with zero attached hydrogens (tertiary/aromatic N) is 5. The summed E-state index contributed by atoms with van der Waals surface area (Å²) in [6, 6.07) is 10.1. The van der Waals surface area contributed by atoms with E-state index in [-0.39, 0.29) is 11.9 Å². The fraction of sp³-hybridized carbons (Fsp3) is 0.200. The second-order valence-corrected chi connectivity index (χ2v) is 4.98. The molecule has 0 bridgehead atoms. The van der Waals surface area contributed by atoms with Gasteiger partial charge in [-0.15, -0.1) is 0 Å². The number of anilines is 2. The molecular weight excluding hydrogens is 278 g/mol. The first-order chi connectivity index (χ1) is 10.6. The Kier molecular flexibility index (Phi) is 3.69. The highest BCUT2D eigenvalue weighted by atomic mass is 15.1. The Labute approximate surface area is 128 Å². The first-order valence-electron chi connectivity index (χ1n) is 6.97. The maximum absolute atomic E-state index is 5.59. The van der Waals surface area contributed by atoms with Crippen molar-refractivity contribution in [3.8, 4) is 11.4 Å². The maximum Gasteiger partial charge on any atom is 0.225 e. The first kappa shape index (κ1) is 14.0. The number of rotatable bonds is 4. The summed E-state index contributed by atoms with van der Waals surface area (Å²) in [5, 5.41) is 0. The minimum Gasteiger partial charge on any atom is -0.368 e. The normalized spacial score (nSPS) is 10.8. The van der Waals surface area contributed by atoms with Gasteiger partial charge in [0.2, 0.25) is 11.9 Å². The van der Waals surface area contributed by atoms with Gasteiger partial charge in [0.15, 0.2) is 0 Å². The van der Waals surface area contributed by atoms with E-state index >= 15 is 0 Å². The average Bonchev–Trinajstić information content (AvgIpc) is 2.86. The minimum atomic E-state index is 0.146. The smallest absolute Gasteiger partial charge is 0.225 e. The third-order valence-electron chi connectivity index (χ3n) is 3.22. The Balaban J connectivity index is 1.84. The molecule has 0 aliphatic carbocycles. The summed E-state index contributed by atoms with van der Waals surface area (Å²) < 4.78 is 2.08. The SMILES string of the molecule is Cc1cn(CCc2nc(N)nc(N)n2)c(-c2ccccc2)n1. The van der Waals surface area contributed by atoms with Crippen LogP contribution in [-0.2, 0) is 13.0 Å². The van der Waals surface area contributed by atoms with Crippen LogP contribution >= 0.6 is 0 Å². The Morgan fingerprint density at radius 2 is 1.64 bits per heavy atom. The highest BCUT2D eigenvalue weighted by Gasteiger charge is 2.09. The summed E-state index contributed by atoms with van der Waals surface area (Å²) in [6.45, 7) is 2.66. The topological polar surface area (TPSA) is 109 Å². The van der Waals surface area contributed by atoms with E-state index in [1.165, 1.54) is 0 Å². The van der Waals surface area contributed by atoms with Gasteiger partial charge in [0, 0.05) is 24.7 Å². The van der Waals surface area contributed by atoms with Gasteiger partial charge in [-0.1, -0.05) is 30.3 Å². The van der Waals surface area contributed by atoms with Gasteiger partial charge < -0.3 is 16.0 Å². The standard InChI is InChI=1S/C15H17N7/c1-10-9-22(13(18-10)11-5-3-2-4-6-11)8-7-12-19-14(16)21-15(17)20-12/h2-6,9H,7-8H2,1H3,(H4,16,17,19,20,21). The van der Waals surface area contributed by atoms with Gasteiger partial charge in [-0.05, 0) is 6.92 Å². The molecule has 22 heavy (non-hydrogen) atoms. The van der Waals surface area contributed by atoms with Crippen molar-refractivity contribution in [3.05, 3.63) is 48.0 Å². The zero-order valence-electron chi connectivity index (χ0n) is 12.3. The van der Waals surface area contributed by atoms with Crippen LogP contribution in [0.15, 0.2) is 36.5 Å². The molecule has 7 heteroatoms. The van der Waals surface area contributed by atoms with Crippen molar-refractivity contribution in [2.75, 3.05) is 11.5 Å². The fourth-order valence-corrected chi connectivity index (χ4v) is 2.32. The van der Waals surface area contributed by atoms with Gasteiger partial charge >= 0.3 is 0 Å². The van der Waals surface area contributed by atoms with Crippen LogP contribution in [0.5, 0.6) is 0 Å². The Morgan fingerprint density at radius 1 is 0.955 bits per heavy atom. The number of imidazole rings is 1. The molecule has 0 amide bonds. The number of benzene rings is 1. The molecule has 0 saturated carbocycles. The third kappa shape index (κ3) is 3.03. The molecule has 3 rings (SSSR count). The lowest BCUT2D eigenvalue weighted by molar-refractivity contribution is 0.675. The highest BCUT2D eigenvalue weighted by Crippen LogP contribution is 2.19. The van der Waals surface area contributed by atoms with Crippen molar-refractivity contribution in [1.29, 1.82) is 0 Å². The van der Waals surface area contributed by atoms with Gasteiger partial charge in [0.25, 0.3) is 0 Å². The van der Waals surface area contributed by atoms with E-state index in [2.05, 4.69) is 24.5 Å². The Bertz CT molecular complexity index is 760. The number of aryl methyl sites for hydroxylation is 3. The second-order valence-electron chi connectivity index (χ2n) is 4.98. The number of nitrogens with two attached hydrogens (primary N) is 2. The van der Waals surface area contributed by atoms with Gasteiger partial charge in [-0.2, -0.15) is 15.0 Å². The molecule has 2 heterocycles. The van der Waals surface area contributed by atoms with E-state index in [0.717, 1.165) is 17.1 Å². The van der Waals surface area contributed by atoms with Gasteiger partial charge in [0.05, 0.1) is 5.69 Å². The third-order valence-corrected chi connectivity index (χ3v) is 3.22. The van der Waals surface area contributed by atoms with Crippen LogP contribution in [0, 0.1) is 6.92 Å². The molecule has 7 nitrogen and oxygen atoms in total. The van der Waals surface area contributed by atoms with Crippen molar-refractivity contribution in [1.82, 2.24) is 24.5 Å². The molecule has 1 aromatic carbocycles. The van der Waals surface area contributed by atoms with Crippen LogP contribution in [0.3, 0.4) is 0 Å². The van der Waals surface area contributed by atoms with Gasteiger partial charge in [-0.3, -0.25) is 0 Å². The minimum absolute atomic E-state index is 0.146. The summed E-state index contributed by atoms with van der Waals surface area (Å²) >= 11 is 0. The van der Waals surface area contributed by atoms with Crippen LogP contribution in [0.25, 0.3) is 11.4 Å². The van der Waals surface area contributed by atoms with E-state index in [9.17, 15) is 0 Å². The molecule has 4 N–H and O–H groups in total. The van der Waals surface area contributed by atoms with Crippen LogP contribution in [0.1, 0.15) is 11.5 Å². The lowest BCUT2D eigenvalue weighted by atomic mass is 10.2. The molecule has 0 spiro atoms. The molecule has 0 aliphatic rings. The van der Waals surface area contributed by atoms with Gasteiger partial charge in [-0.25, -0.2) is 4.98 Å². The Morgan fingerprint density at radius 3 is 2.32 bits per heavy atom. The summed E-state index contributed by atoms with van der Waals surface area (Å²) in [5.41, 5.74) is 13.2. The van der Waals surface area contributed by atoms with Crippen molar-refractivity contribution < 1.29 is 0 Å². The van der Waals surface area contributed by atoms with Crippen LogP contribution < -0.4 is 11.5 Å². The average molecular weight is 295 g/mol. The molecule has 0 saturated heterocycles. The lowest BCUT2D eigenvalue weighted by Gasteiger charge is -2.07. The van der Waals surface area contributed by atoms with E-state index in [1.54, 1.807) is 0 Å². The molecule has 0 unspecified atom stereocenters. The molecule has 0 fully saturated rings. The Hall–Kier alpha value is -2.96. The number of hydrogen-bond acceptors (Lipinski definition) is 6. The van der Waals surface area contributed by atoms with Crippen molar-refractivity contribution in [2.24, 2.45) is 0 Å². The number of hydrogen-bond donors (Lipinski definition) is 2. The molecule has 0 aliphatic heterocycles. The first-order valence-corrected chi connectivity index (χ1v) is 6.97. The predicted octanol–water partition coefficient (Wildman–Crippen LogP) is 1.45. The molecule has 3 aromatic rings. The molecule has 112 valence electrons. The van der Waals surface area contributed by atoms with E-state index in [1.807, 2.05) is 43.5 Å². The fourth-order valence-electron chi connectivity index (χ4n) is 2.32. The van der Waals surface area contributed by atoms with Crippen molar-refractivity contribution >= 4 is 11.9 Å². The van der Waals surface area contributed by atoms with E-state index in [4.69, 9.17) is 11.5 Å². The van der Waals surface area contributed by atoms with Crippen LogP contribution in [0.2, 0.25) is 0 Å². The lowest BCUT2D eigenvalue weighted by Crippen LogP contribution is -2.10. The summed E-state index contributed by atoms with van der Waals surface area (Å²) in [6.07, 6.45) is 2.61. The quantitative estimate of drug-likeness (QED) is 0.754. The zero-order valence-corrected chi connectivity index (χ0v) is 12.3. The largest absolute Gasteiger partial charge is 0.368 e. The predicted molar refractivity (Wildman–Crippen MR) is 84.8 cm³/mol. The van der Waals surface area contributed by atoms with Crippen LogP contribution in [-0.4, -0.2) is 24.5 Å².